The Labute approximate surface area is 147 Å². The molecular formula is C19H22FN3O2. The molecule has 0 fully saturated rings. The molecule has 0 N–H and O–H groups in total. The summed E-state index contributed by atoms with van der Waals surface area (Å²) in [4.78, 5) is 22.5. The Morgan fingerprint density at radius 3 is 2.48 bits per heavy atom. The van der Waals surface area contributed by atoms with Gasteiger partial charge in [-0.05, 0) is 18.2 Å². The molecule has 0 aliphatic rings. The van der Waals surface area contributed by atoms with E-state index in [1.807, 2.05) is 20.8 Å². The van der Waals surface area contributed by atoms with Crippen molar-refractivity contribution in [2.75, 3.05) is 12.0 Å². The molecule has 0 atom stereocenters. The summed E-state index contributed by atoms with van der Waals surface area (Å²) in [6.07, 6.45) is 4.59. The monoisotopic (exact) mass is 343 g/mol. The highest BCUT2D eigenvalue weighted by molar-refractivity contribution is 6.01. The van der Waals surface area contributed by atoms with Crippen molar-refractivity contribution in [1.29, 1.82) is 0 Å². The van der Waals surface area contributed by atoms with Crippen LogP contribution in [-0.4, -0.2) is 23.0 Å². The number of ether oxygens (including phenoxy) is 1. The number of carbonyl (C=O) groups excluding carboxylic acids is 1. The number of amides is 1. The number of halogens is 1. The number of carbonyl (C=O) groups is 1. The van der Waals surface area contributed by atoms with Gasteiger partial charge in [0.05, 0.1) is 13.7 Å². The summed E-state index contributed by atoms with van der Waals surface area (Å²) in [5.41, 5.74) is 1.11. The lowest BCUT2D eigenvalue weighted by molar-refractivity contribution is -0.114. The van der Waals surface area contributed by atoms with Crippen LogP contribution in [0.1, 0.15) is 32.2 Å². The molecule has 0 aliphatic heterocycles. The molecule has 1 amide bonds. The molecule has 5 nitrogen and oxygen atoms in total. The zero-order chi connectivity index (χ0) is 18.6. The highest BCUT2D eigenvalue weighted by Gasteiger charge is 2.19. The van der Waals surface area contributed by atoms with Crippen molar-refractivity contribution in [1.82, 2.24) is 9.97 Å². The summed E-state index contributed by atoms with van der Waals surface area (Å²) in [6, 6.07) is 4.25. The molecule has 25 heavy (non-hydrogen) atoms. The lowest BCUT2D eigenvalue weighted by Gasteiger charge is -2.22. The Balaban J connectivity index is 2.33. The fourth-order valence-electron chi connectivity index (χ4n) is 2.23. The average molecular weight is 343 g/mol. The van der Waals surface area contributed by atoms with Crippen molar-refractivity contribution >= 4 is 11.6 Å². The summed E-state index contributed by atoms with van der Waals surface area (Å²) in [7, 11) is 1.38. The van der Waals surface area contributed by atoms with Crippen LogP contribution in [0.3, 0.4) is 0 Å². The summed E-state index contributed by atoms with van der Waals surface area (Å²) >= 11 is 0. The van der Waals surface area contributed by atoms with Crippen LogP contribution in [-0.2, 0) is 16.8 Å². The van der Waals surface area contributed by atoms with Crippen LogP contribution in [0.5, 0.6) is 5.75 Å². The largest absolute Gasteiger partial charge is 0.494 e. The van der Waals surface area contributed by atoms with Gasteiger partial charge in [0.2, 0.25) is 0 Å². The van der Waals surface area contributed by atoms with Crippen LogP contribution >= 0.6 is 0 Å². The van der Waals surface area contributed by atoms with Crippen molar-refractivity contribution in [2.24, 2.45) is 0 Å². The minimum Gasteiger partial charge on any atom is -0.494 e. The molecule has 0 unspecified atom stereocenters. The Hall–Kier alpha value is -2.76. The van der Waals surface area contributed by atoms with Crippen molar-refractivity contribution < 1.29 is 13.9 Å². The fraction of sp³-hybridized carbons (Fsp3) is 0.316. The quantitative estimate of drug-likeness (QED) is 0.778. The van der Waals surface area contributed by atoms with Crippen LogP contribution in [0, 0.1) is 5.82 Å². The third kappa shape index (κ3) is 4.41. The van der Waals surface area contributed by atoms with Gasteiger partial charge in [-0.3, -0.25) is 4.79 Å². The molecule has 2 aromatic rings. The maximum Gasteiger partial charge on any atom is 0.250 e. The SMILES string of the molecule is C=CC(=O)N(Cc1cnc(C(C)(C)C)nc1)c1ccc(F)c(OC)c1. The zero-order valence-corrected chi connectivity index (χ0v) is 14.9. The van der Waals surface area contributed by atoms with E-state index in [9.17, 15) is 9.18 Å². The van der Waals surface area contributed by atoms with E-state index >= 15 is 0 Å². The number of hydrogen-bond acceptors (Lipinski definition) is 4. The number of nitrogens with zero attached hydrogens (tertiary/aromatic N) is 3. The Bertz CT molecular complexity index is 767. The van der Waals surface area contributed by atoms with Gasteiger partial charge < -0.3 is 9.64 Å². The van der Waals surface area contributed by atoms with Crippen molar-refractivity contribution in [3.63, 3.8) is 0 Å². The van der Waals surface area contributed by atoms with Gasteiger partial charge in [-0.25, -0.2) is 14.4 Å². The van der Waals surface area contributed by atoms with Gasteiger partial charge in [0.1, 0.15) is 5.82 Å². The summed E-state index contributed by atoms with van der Waals surface area (Å²) in [5, 5.41) is 0. The molecule has 132 valence electrons. The van der Waals surface area contributed by atoms with Crippen molar-refractivity contribution in [3.8, 4) is 5.75 Å². The number of methoxy groups -OCH3 is 1. The molecule has 0 bridgehead atoms. The second-order valence-corrected chi connectivity index (χ2v) is 6.61. The predicted molar refractivity (Wildman–Crippen MR) is 95.1 cm³/mol. The van der Waals surface area contributed by atoms with Gasteiger partial charge in [0.25, 0.3) is 5.91 Å². The van der Waals surface area contributed by atoms with E-state index in [1.54, 1.807) is 12.4 Å². The molecule has 2 rings (SSSR count). The van der Waals surface area contributed by atoms with E-state index in [0.29, 0.717) is 5.69 Å². The lowest BCUT2D eigenvalue weighted by atomic mass is 9.96. The molecule has 6 heteroatoms. The van der Waals surface area contributed by atoms with Crippen LogP contribution in [0.4, 0.5) is 10.1 Å². The molecular weight excluding hydrogens is 321 g/mol. The van der Waals surface area contributed by atoms with Gasteiger partial charge in [0.15, 0.2) is 11.6 Å². The molecule has 0 aliphatic carbocycles. The minimum atomic E-state index is -0.491. The first-order chi connectivity index (χ1) is 11.8. The number of hydrogen-bond donors (Lipinski definition) is 0. The van der Waals surface area contributed by atoms with Crippen LogP contribution in [0.15, 0.2) is 43.2 Å². The van der Waals surface area contributed by atoms with E-state index in [4.69, 9.17) is 4.74 Å². The Kier molecular flexibility index (Phi) is 5.51. The van der Waals surface area contributed by atoms with Gasteiger partial charge in [0, 0.05) is 35.1 Å². The van der Waals surface area contributed by atoms with Gasteiger partial charge >= 0.3 is 0 Å². The summed E-state index contributed by atoms with van der Waals surface area (Å²) < 4.78 is 18.6. The van der Waals surface area contributed by atoms with Gasteiger partial charge in [-0.2, -0.15) is 0 Å². The van der Waals surface area contributed by atoms with Crippen LogP contribution in [0.2, 0.25) is 0 Å². The molecule has 1 aromatic heterocycles. The smallest absolute Gasteiger partial charge is 0.250 e. The Morgan fingerprint density at radius 1 is 1.32 bits per heavy atom. The molecule has 1 heterocycles. The zero-order valence-electron chi connectivity index (χ0n) is 14.9. The van der Waals surface area contributed by atoms with E-state index in [-0.39, 0.29) is 23.6 Å². The maximum atomic E-state index is 13.6. The Morgan fingerprint density at radius 2 is 1.96 bits per heavy atom. The van der Waals surface area contributed by atoms with Crippen LogP contribution < -0.4 is 9.64 Å². The number of aromatic nitrogens is 2. The second kappa shape index (κ2) is 7.42. The molecule has 0 saturated carbocycles. The van der Waals surface area contributed by atoms with Crippen molar-refractivity contribution in [2.45, 2.75) is 32.7 Å². The first-order valence-electron chi connectivity index (χ1n) is 7.85. The van der Waals surface area contributed by atoms with E-state index in [2.05, 4.69) is 16.5 Å². The predicted octanol–water partition coefficient (Wildman–Crippen LogP) is 3.64. The second-order valence-electron chi connectivity index (χ2n) is 6.61. The number of rotatable bonds is 5. The number of anilines is 1. The highest BCUT2D eigenvalue weighted by atomic mass is 19.1. The lowest BCUT2D eigenvalue weighted by Crippen LogP contribution is -2.29. The van der Waals surface area contributed by atoms with Crippen molar-refractivity contribution in [3.05, 3.63) is 60.5 Å². The van der Waals surface area contributed by atoms with Gasteiger partial charge in [-0.1, -0.05) is 27.4 Å². The first kappa shape index (κ1) is 18.6. The molecule has 0 radical (unpaired) electrons. The molecule has 0 spiro atoms. The third-order valence-corrected chi connectivity index (χ3v) is 3.60. The minimum absolute atomic E-state index is 0.0682. The van der Waals surface area contributed by atoms with E-state index in [0.717, 1.165) is 11.4 Å². The normalized spacial score (nSPS) is 11.1. The maximum absolute atomic E-state index is 13.6. The first-order valence-corrected chi connectivity index (χ1v) is 7.85. The average Bonchev–Trinajstić information content (AvgIpc) is 2.59. The number of benzene rings is 1. The third-order valence-electron chi connectivity index (χ3n) is 3.60. The summed E-state index contributed by atoms with van der Waals surface area (Å²) in [5.74, 6) is -0.0105. The van der Waals surface area contributed by atoms with E-state index in [1.165, 1.54) is 36.3 Å². The van der Waals surface area contributed by atoms with Crippen LogP contribution in [0.25, 0.3) is 0 Å². The molecule has 0 saturated heterocycles. The van der Waals surface area contributed by atoms with E-state index < -0.39 is 5.82 Å². The topological polar surface area (TPSA) is 55.3 Å². The highest BCUT2D eigenvalue weighted by Crippen LogP contribution is 2.26. The fourth-order valence-corrected chi connectivity index (χ4v) is 2.23. The molecule has 1 aromatic carbocycles. The summed E-state index contributed by atoms with van der Waals surface area (Å²) in [6.45, 7) is 9.85. The van der Waals surface area contributed by atoms with Gasteiger partial charge in [-0.15, -0.1) is 0 Å². The standard InChI is InChI=1S/C19H22FN3O2/c1-6-17(24)23(14-7-8-15(20)16(9-14)25-5)12-13-10-21-18(22-11-13)19(2,3)4/h6-11H,1,12H2,2-5H3.